The smallest absolute Gasteiger partial charge is 0.235 e. The van der Waals surface area contributed by atoms with Crippen LogP contribution in [0.2, 0.25) is 0 Å². The maximum absolute atomic E-state index is 13.8. The van der Waals surface area contributed by atoms with Gasteiger partial charge in [-0.1, -0.05) is 68.0 Å². The van der Waals surface area contributed by atoms with Crippen molar-refractivity contribution in [3.63, 3.8) is 0 Å². The summed E-state index contributed by atoms with van der Waals surface area (Å²) in [6.07, 6.45) is 3.76. The number of ketones is 1. The minimum atomic E-state index is -0.689. The Kier molecular flexibility index (Phi) is 4.77. The van der Waals surface area contributed by atoms with Crippen LogP contribution in [0.4, 0.5) is 5.69 Å². The first-order valence-corrected chi connectivity index (χ1v) is 11.0. The number of para-hydroxylation sites is 1. The van der Waals surface area contributed by atoms with Crippen molar-refractivity contribution in [2.24, 2.45) is 11.8 Å². The number of carbonyl (C=O) groups excluding carboxylic acids is 3. The van der Waals surface area contributed by atoms with E-state index in [1.807, 2.05) is 61.2 Å². The van der Waals surface area contributed by atoms with Crippen LogP contribution in [0.15, 0.2) is 60.7 Å². The minimum absolute atomic E-state index is 0.0978. The van der Waals surface area contributed by atoms with E-state index in [1.165, 1.54) is 4.90 Å². The molecular weight excluding hydrogens is 388 g/mol. The van der Waals surface area contributed by atoms with E-state index < -0.39 is 17.9 Å². The number of carbonyl (C=O) groups is 3. The summed E-state index contributed by atoms with van der Waals surface area (Å²) < 4.78 is 0. The lowest BCUT2D eigenvalue weighted by Gasteiger charge is -2.38. The van der Waals surface area contributed by atoms with Crippen molar-refractivity contribution in [1.82, 2.24) is 4.90 Å². The summed E-state index contributed by atoms with van der Waals surface area (Å²) in [6.45, 7) is 4.51. The first-order valence-electron chi connectivity index (χ1n) is 11.0. The standard InChI is InChI=1S/C26H26N2O3/c1-3-4-14-27-25(30)21-20-15-16(2)18-12-8-9-13-19(18)28(20)23(22(21)26(27)31)24(29)17-10-6-5-7-11-17/h5-13,15,20-23H,3-4,14H2,1-2H3/t20-,21+,22+,23-/m1/s1. The summed E-state index contributed by atoms with van der Waals surface area (Å²) >= 11 is 0. The first kappa shape index (κ1) is 19.7. The Morgan fingerprint density at radius 2 is 1.61 bits per heavy atom. The third-order valence-corrected chi connectivity index (χ3v) is 6.91. The Labute approximate surface area is 182 Å². The average molecular weight is 415 g/mol. The van der Waals surface area contributed by atoms with Crippen LogP contribution in [-0.2, 0) is 9.59 Å². The van der Waals surface area contributed by atoms with Crippen molar-refractivity contribution in [1.29, 1.82) is 0 Å². The molecule has 2 saturated heterocycles. The van der Waals surface area contributed by atoms with Crippen LogP contribution in [0.3, 0.4) is 0 Å². The zero-order valence-corrected chi connectivity index (χ0v) is 17.8. The van der Waals surface area contributed by atoms with Crippen LogP contribution in [0.5, 0.6) is 0 Å². The van der Waals surface area contributed by atoms with Crippen molar-refractivity contribution < 1.29 is 14.4 Å². The topological polar surface area (TPSA) is 57.7 Å². The van der Waals surface area contributed by atoms with E-state index in [0.29, 0.717) is 12.1 Å². The van der Waals surface area contributed by atoms with E-state index in [2.05, 4.69) is 6.08 Å². The Balaban J connectivity index is 1.65. The summed E-state index contributed by atoms with van der Waals surface area (Å²) in [7, 11) is 0. The summed E-state index contributed by atoms with van der Waals surface area (Å²) in [6, 6.07) is 16.1. The largest absolute Gasteiger partial charge is 0.352 e. The molecule has 0 aromatic heterocycles. The molecule has 3 aliphatic rings. The van der Waals surface area contributed by atoms with Crippen molar-refractivity contribution in [2.75, 3.05) is 11.4 Å². The second-order valence-electron chi connectivity index (χ2n) is 8.67. The highest BCUT2D eigenvalue weighted by Crippen LogP contribution is 2.50. The van der Waals surface area contributed by atoms with Crippen LogP contribution < -0.4 is 4.90 Å². The molecule has 158 valence electrons. The predicted molar refractivity (Wildman–Crippen MR) is 120 cm³/mol. The van der Waals surface area contributed by atoms with Crippen LogP contribution in [0.25, 0.3) is 5.57 Å². The van der Waals surface area contributed by atoms with E-state index in [1.54, 1.807) is 12.1 Å². The van der Waals surface area contributed by atoms with Gasteiger partial charge < -0.3 is 4.90 Å². The first-order chi connectivity index (χ1) is 15.0. The number of allylic oxidation sites excluding steroid dienone is 1. The van der Waals surface area contributed by atoms with Gasteiger partial charge in [0, 0.05) is 23.4 Å². The number of hydrogen-bond acceptors (Lipinski definition) is 4. The number of amides is 2. The van der Waals surface area contributed by atoms with Gasteiger partial charge in [0.25, 0.3) is 0 Å². The number of fused-ring (bicyclic) bond motifs is 5. The van der Waals surface area contributed by atoms with E-state index in [0.717, 1.165) is 29.7 Å². The van der Waals surface area contributed by atoms with Crippen molar-refractivity contribution in [3.8, 4) is 0 Å². The quantitative estimate of drug-likeness (QED) is 0.549. The van der Waals surface area contributed by atoms with Gasteiger partial charge in [0.1, 0.15) is 6.04 Å². The van der Waals surface area contributed by atoms with E-state index in [-0.39, 0.29) is 23.6 Å². The highest BCUT2D eigenvalue weighted by Gasteiger charge is 2.64. The third-order valence-electron chi connectivity index (χ3n) is 6.91. The number of anilines is 1. The minimum Gasteiger partial charge on any atom is -0.352 e. The molecule has 0 saturated carbocycles. The number of nitrogens with zero attached hydrogens (tertiary/aromatic N) is 2. The van der Waals surface area contributed by atoms with Gasteiger partial charge in [-0.3, -0.25) is 19.3 Å². The molecule has 5 heteroatoms. The predicted octanol–water partition coefficient (Wildman–Crippen LogP) is 3.94. The van der Waals surface area contributed by atoms with Crippen LogP contribution in [0.1, 0.15) is 42.6 Å². The second-order valence-corrected chi connectivity index (χ2v) is 8.67. The zero-order valence-electron chi connectivity index (χ0n) is 17.8. The second kappa shape index (κ2) is 7.49. The van der Waals surface area contributed by atoms with Gasteiger partial charge in [0.2, 0.25) is 11.8 Å². The molecule has 3 aliphatic heterocycles. The molecule has 0 spiro atoms. The number of likely N-dealkylation sites (tertiary alicyclic amines) is 1. The summed E-state index contributed by atoms with van der Waals surface area (Å²) in [5, 5.41) is 0. The molecule has 3 heterocycles. The maximum atomic E-state index is 13.8. The summed E-state index contributed by atoms with van der Waals surface area (Å²) in [5.41, 5.74) is 3.63. The maximum Gasteiger partial charge on any atom is 0.235 e. The average Bonchev–Trinajstić information content (AvgIpc) is 3.25. The lowest BCUT2D eigenvalue weighted by atomic mass is 9.85. The van der Waals surface area contributed by atoms with Crippen LogP contribution in [-0.4, -0.2) is 41.1 Å². The molecule has 2 aromatic rings. The van der Waals surface area contributed by atoms with Crippen molar-refractivity contribution in [2.45, 2.75) is 38.8 Å². The molecule has 2 amide bonds. The highest BCUT2D eigenvalue weighted by atomic mass is 16.2. The molecule has 5 nitrogen and oxygen atoms in total. The summed E-state index contributed by atoms with van der Waals surface area (Å²) in [4.78, 5) is 44.1. The molecule has 2 fully saturated rings. The molecule has 31 heavy (non-hydrogen) atoms. The Hall–Kier alpha value is -3.21. The van der Waals surface area contributed by atoms with Crippen LogP contribution >= 0.6 is 0 Å². The summed E-state index contributed by atoms with van der Waals surface area (Å²) in [5.74, 6) is -1.61. The lowest BCUT2D eigenvalue weighted by molar-refractivity contribution is -0.140. The fraction of sp³-hybridized carbons (Fsp3) is 0.346. The number of hydrogen-bond donors (Lipinski definition) is 0. The molecule has 0 unspecified atom stereocenters. The molecular formula is C26H26N2O3. The van der Waals surface area contributed by atoms with Gasteiger partial charge in [0.05, 0.1) is 17.9 Å². The zero-order chi connectivity index (χ0) is 21.7. The van der Waals surface area contributed by atoms with Gasteiger partial charge >= 0.3 is 0 Å². The Morgan fingerprint density at radius 3 is 2.35 bits per heavy atom. The molecule has 0 radical (unpaired) electrons. The molecule has 0 aliphatic carbocycles. The fourth-order valence-electron chi connectivity index (χ4n) is 5.47. The van der Waals surface area contributed by atoms with Gasteiger partial charge in [0.15, 0.2) is 5.78 Å². The van der Waals surface area contributed by atoms with Crippen LogP contribution in [0, 0.1) is 11.8 Å². The van der Waals surface area contributed by atoms with Crippen molar-refractivity contribution >= 4 is 28.9 Å². The molecule has 0 bridgehead atoms. The lowest BCUT2D eigenvalue weighted by Crippen LogP contribution is -2.49. The molecule has 5 rings (SSSR count). The Bertz CT molecular complexity index is 1090. The molecule has 0 N–H and O–H groups in total. The number of imide groups is 1. The van der Waals surface area contributed by atoms with Crippen molar-refractivity contribution in [3.05, 3.63) is 71.8 Å². The van der Waals surface area contributed by atoms with E-state index in [4.69, 9.17) is 0 Å². The van der Waals surface area contributed by atoms with E-state index >= 15 is 0 Å². The monoisotopic (exact) mass is 414 g/mol. The number of benzene rings is 2. The van der Waals surface area contributed by atoms with E-state index in [9.17, 15) is 14.4 Å². The molecule has 4 atom stereocenters. The van der Waals surface area contributed by atoms with Gasteiger partial charge in [-0.25, -0.2) is 0 Å². The SMILES string of the molecule is CCCCN1C(=O)[C@@H]2[C@H](C1=O)[C@H](C(=O)c1ccccc1)N1c3ccccc3C(C)=C[C@H]21. The number of unbranched alkanes of at least 4 members (excludes halogenated alkanes) is 1. The molecule has 2 aromatic carbocycles. The third kappa shape index (κ3) is 2.87. The van der Waals surface area contributed by atoms with Gasteiger partial charge in [-0.2, -0.15) is 0 Å². The fourth-order valence-corrected chi connectivity index (χ4v) is 5.47. The normalized spacial score (nSPS) is 26.5. The number of Topliss-reactive ketones (excluding diaryl/α,β-unsaturated/α-hetero) is 1. The number of rotatable bonds is 5. The van der Waals surface area contributed by atoms with Gasteiger partial charge in [-0.15, -0.1) is 0 Å². The highest BCUT2D eigenvalue weighted by molar-refractivity contribution is 6.14. The Morgan fingerprint density at radius 1 is 0.935 bits per heavy atom. The van der Waals surface area contributed by atoms with Gasteiger partial charge in [-0.05, 0) is 25.0 Å².